The minimum Gasteiger partial charge on any atom is -0.0622 e. The summed E-state index contributed by atoms with van der Waals surface area (Å²) in [7, 11) is 0. The van der Waals surface area contributed by atoms with Crippen LogP contribution >= 0.6 is 0 Å². The van der Waals surface area contributed by atoms with Gasteiger partial charge >= 0.3 is 0 Å². The molecule has 0 aliphatic heterocycles. The maximum absolute atomic E-state index is 2.32. The number of fused-ring (bicyclic) bond motifs is 1. The van der Waals surface area contributed by atoms with Crippen LogP contribution in [0.15, 0.2) is 54.6 Å². The Kier molecular flexibility index (Phi) is 2.69. The number of hydrogen-bond donors (Lipinski definition) is 0. The highest BCUT2D eigenvalue weighted by molar-refractivity contribution is 5.53. The van der Waals surface area contributed by atoms with Gasteiger partial charge in [0.15, 0.2) is 0 Å². The highest BCUT2D eigenvalue weighted by atomic mass is 14.4. The van der Waals surface area contributed by atoms with Crippen molar-refractivity contribution < 1.29 is 0 Å². The fraction of sp³-hybridized carbons (Fsp3) is 0.368. The molecule has 2 aliphatic carbocycles. The van der Waals surface area contributed by atoms with Gasteiger partial charge < -0.3 is 0 Å². The van der Waals surface area contributed by atoms with Crippen molar-refractivity contribution in [3.63, 3.8) is 0 Å². The van der Waals surface area contributed by atoms with Crippen LogP contribution in [0.4, 0.5) is 0 Å². The van der Waals surface area contributed by atoms with Gasteiger partial charge in [-0.3, -0.25) is 0 Å². The highest BCUT2D eigenvalue weighted by Crippen LogP contribution is 2.53. The Labute approximate surface area is 115 Å². The lowest BCUT2D eigenvalue weighted by Gasteiger charge is -2.29. The molecule has 0 bridgehead atoms. The quantitative estimate of drug-likeness (QED) is 0.693. The van der Waals surface area contributed by atoms with Gasteiger partial charge in [0.25, 0.3) is 0 Å². The first-order valence-corrected chi connectivity index (χ1v) is 7.57. The van der Waals surface area contributed by atoms with Gasteiger partial charge in [-0.1, -0.05) is 54.6 Å². The lowest BCUT2D eigenvalue weighted by molar-refractivity contribution is 0.319. The Morgan fingerprint density at radius 1 is 0.632 bits per heavy atom. The van der Waals surface area contributed by atoms with E-state index >= 15 is 0 Å². The molecule has 0 spiro atoms. The Bertz CT molecular complexity index is 539. The number of hydrogen-bond acceptors (Lipinski definition) is 0. The second-order valence-electron chi connectivity index (χ2n) is 6.13. The lowest BCUT2D eigenvalue weighted by Crippen LogP contribution is -2.14. The Morgan fingerprint density at radius 3 is 1.84 bits per heavy atom. The first-order valence-electron chi connectivity index (χ1n) is 7.57. The van der Waals surface area contributed by atoms with Crippen molar-refractivity contribution in [2.75, 3.05) is 0 Å². The normalized spacial score (nSPS) is 25.9. The molecular weight excluding hydrogens is 228 g/mol. The minimum absolute atomic E-state index is 0.805. The molecule has 0 unspecified atom stereocenters. The number of benzene rings is 2. The van der Waals surface area contributed by atoms with Crippen LogP contribution in [0.1, 0.15) is 54.2 Å². The topological polar surface area (TPSA) is 0 Å². The van der Waals surface area contributed by atoms with Gasteiger partial charge in [-0.2, -0.15) is 0 Å². The van der Waals surface area contributed by atoms with Crippen molar-refractivity contribution in [3.8, 4) is 0 Å². The molecule has 19 heavy (non-hydrogen) atoms. The summed E-state index contributed by atoms with van der Waals surface area (Å²) in [6, 6.07) is 20.1. The zero-order chi connectivity index (χ0) is 12.7. The van der Waals surface area contributed by atoms with Crippen LogP contribution in [-0.2, 0) is 0 Å². The molecule has 4 rings (SSSR count). The summed E-state index contributed by atoms with van der Waals surface area (Å²) in [6.45, 7) is 0. The first kappa shape index (κ1) is 11.3. The van der Waals surface area contributed by atoms with E-state index in [2.05, 4.69) is 54.6 Å². The summed E-state index contributed by atoms with van der Waals surface area (Å²) >= 11 is 0. The zero-order valence-corrected chi connectivity index (χ0v) is 11.3. The summed E-state index contributed by atoms with van der Waals surface area (Å²) in [4.78, 5) is 0. The zero-order valence-electron chi connectivity index (χ0n) is 11.3. The van der Waals surface area contributed by atoms with Gasteiger partial charge in [-0.25, -0.2) is 0 Å². The summed E-state index contributed by atoms with van der Waals surface area (Å²) in [5.41, 5.74) is 4.81. The van der Waals surface area contributed by atoms with E-state index in [0.717, 1.165) is 17.8 Å². The van der Waals surface area contributed by atoms with Crippen LogP contribution in [0.2, 0.25) is 0 Å². The average Bonchev–Trinajstić information content (AvgIpc) is 3.23. The largest absolute Gasteiger partial charge is 0.0622 e. The number of rotatable bonds is 2. The third kappa shape index (κ3) is 2.00. The first-order chi connectivity index (χ1) is 9.43. The maximum atomic E-state index is 2.32. The molecule has 0 amide bonds. The van der Waals surface area contributed by atoms with Gasteiger partial charge in [0, 0.05) is 5.92 Å². The molecule has 0 heterocycles. The van der Waals surface area contributed by atoms with E-state index in [0.29, 0.717) is 0 Å². The third-order valence-corrected chi connectivity index (χ3v) is 5.10. The van der Waals surface area contributed by atoms with E-state index in [-0.39, 0.29) is 0 Å². The summed E-state index contributed by atoms with van der Waals surface area (Å²) in [6.07, 6.45) is 5.55. The van der Waals surface area contributed by atoms with E-state index in [4.69, 9.17) is 0 Å². The third-order valence-electron chi connectivity index (χ3n) is 5.10. The molecule has 2 aromatic carbocycles. The summed E-state index contributed by atoms with van der Waals surface area (Å²) in [5, 5.41) is 0. The standard InChI is InChI=1S/C19H20/c1-2-6-14(7-3-1)15-10-12-16(13-11-15)19-17-8-4-5-9-18(17)19/h1-9,15-16,19H,10-13H2. The predicted molar refractivity (Wildman–Crippen MR) is 79.4 cm³/mol. The molecule has 2 aromatic rings. The molecule has 0 radical (unpaired) electrons. The Morgan fingerprint density at radius 2 is 1.21 bits per heavy atom. The molecule has 2 aliphatic rings. The van der Waals surface area contributed by atoms with E-state index in [9.17, 15) is 0 Å². The van der Waals surface area contributed by atoms with Crippen molar-refractivity contribution in [3.05, 3.63) is 71.3 Å². The maximum Gasteiger partial charge on any atom is 0.0123 e. The molecule has 0 atom stereocenters. The van der Waals surface area contributed by atoms with Crippen molar-refractivity contribution >= 4 is 0 Å². The molecular formula is C19H20. The van der Waals surface area contributed by atoms with Crippen LogP contribution in [-0.4, -0.2) is 0 Å². The molecule has 1 fully saturated rings. The van der Waals surface area contributed by atoms with Gasteiger partial charge in [0.1, 0.15) is 0 Å². The second-order valence-corrected chi connectivity index (χ2v) is 6.13. The predicted octanol–water partition coefficient (Wildman–Crippen LogP) is 5.11. The highest BCUT2D eigenvalue weighted by Gasteiger charge is 2.39. The van der Waals surface area contributed by atoms with Crippen molar-refractivity contribution in [1.29, 1.82) is 0 Å². The van der Waals surface area contributed by atoms with Crippen LogP contribution in [0.25, 0.3) is 0 Å². The molecule has 0 aromatic heterocycles. The molecule has 0 nitrogen and oxygen atoms in total. The van der Waals surface area contributed by atoms with Gasteiger partial charge in [-0.15, -0.1) is 0 Å². The average molecular weight is 248 g/mol. The smallest absolute Gasteiger partial charge is 0.0123 e. The van der Waals surface area contributed by atoms with Crippen LogP contribution < -0.4 is 0 Å². The Balaban J connectivity index is 1.42. The lowest BCUT2D eigenvalue weighted by atomic mass is 9.76. The van der Waals surface area contributed by atoms with Crippen LogP contribution in [0.3, 0.4) is 0 Å². The van der Waals surface area contributed by atoms with E-state index < -0.39 is 0 Å². The molecule has 0 saturated heterocycles. The summed E-state index contributed by atoms with van der Waals surface area (Å²) < 4.78 is 0. The van der Waals surface area contributed by atoms with Crippen molar-refractivity contribution in [1.82, 2.24) is 0 Å². The molecule has 1 saturated carbocycles. The van der Waals surface area contributed by atoms with Crippen LogP contribution in [0, 0.1) is 5.92 Å². The second kappa shape index (κ2) is 4.52. The molecule has 0 N–H and O–H groups in total. The van der Waals surface area contributed by atoms with E-state index in [1.807, 2.05) is 0 Å². The Hall–Kier alpha value is -1.56. The van der Waals surface area contributed by atoms with Crippen LogP contribution in [0.5, 0.6) is 0 Å². The fourth-order valence-electron chi connectivity index (χ4n) is 4.01. The van der Waals surface area contributed by atoms with Gasteiger partial charge in [0.05, 0.1) is 0 Å². The van der Waals surface area contributed by atoms with Gasteiger partial charge in [-0.05, 0) is 54.2 Å². The van der Waals surface area contributed by atoms with E-state index in [1.54, 1.807) is 16.7 Å². The summed E-state index contributed by atoms with van der Waals surface area (Å²) in [5.74, 6) is 2.53. The SMILES string of the molecule is c1ccc(C2CCC(C3c4ccccc43)CC2)cc1. The molecule has 0 heteroatoms. The minimum atomic E-state index is 0.805. The fourth-order valence-corrected chi connectivity index (χ4v) is 4.01. The van der Waals surface area contributed by atoms with Crippen molar-refractivity contribution in [2.45, 2.75) is 37.5 Å². The monoisotopic (exact) mass is 248 g/mol. The molecule has 96 valence electrons. The van der Waals surface area contributed by atoms with E-state index in [1.165, 1.54) is 25.7 Å². The van der Waals surface area contributed by atoms with Crippen molar-refractivity contribution in [2.24, 2.45) is 5.92 Å². The van der Waals surface area contributed by atoms with Gasteiger partial charge in [0.2, 0.25) is 0 Å².